The first-order chi connectivity index (χ1) is 9.97. The second-order valence-corrected chi connectivity index (χ2v) is 5.28. The van der Waals surface area contributed by atoms with Gasteiger partial charge in [-0.1, -0.05) is 12.1 Å². The smallest absolute Gasteiger partial charge is 0.246 e. The number of carbonyl (C=O) groups excluding carboxylic acids is 2. The van der Waals surface area contributed by atoms with Crippen LogP contribution in [0.4, 0.5) is 5.69 Å². The molecule has 1 saturated heterocycles. The number of hydrogen-bond donors (Lipinski definition) is 1. The molecule has 112 valence electrons. The normalized spacial score (nSPS) is 15.5. The maximum absolute atomic E-state index is 12.1. The lowest BCUT2D eigenvalue weighted by molar-refractivity contribution is -0.135. The summed E-state index contributed by atoms with van der Waals surface area (Å²) < 4.78 is 0. The molecule has 0 aliphatic carbocycles. The van der Waals surface area contributed by atoms with Crippen molar-refractivity contribution in [1.82, 2.24) is 9.80 Å². The first-order valence-electron chi connectivity index (χ1n) is 7.06. The average Bonchev–Trinajstić information content (AvgIpc) is 2.48. The highest BCUT2D eigenvalue weighted by molar-refractivity contribution is 5.92. The van der Waals surface area contributed by atoms with Gasteiger partial charge in [-0.25, -0.2) is 0 Å². The van der Waals surface area contributed by atoms with Gasteiger partial charge in [0.15, 0.2) is 0 Å². The Kier molecular flexibility index (Phi) is 4.62. The third-order valence-corrected chi connectivity index (χ3v) is 3.76. The van der Waals surface area contributed by atoms with Gasteiger partial charge < -0.3 is 15.5 Å². The summed E-state index contributed by atoms with van der Waals surface area (Å²) in [6.45, 7) is 5.87. The van der Waals surface area contributed by atoms with Crippen molar-refractivity contribution in [2.75, 3.05) is 31.9 Å². The summed E-state index contributed by atoms with van der Waals surface area (Å²) in [5, 5.41) is 0. The molecule has 2 N–H and O–H groups in total. The minimum Gasteiger partial charge on any atom is -0.398 e. The number of aryl methyl sites for hydroxylation is 1. The number of amides is 2. The van der Waals surface area contributed by atoms with Crippen LogP contribution in [-0.4, -0.2) is 47.8 Å². The van der Waals surface area contributed by atoms with Gasteiger partial charge in [0.25, 0.3) is 0 Å². The minimum atomic E-state index is -0.0302. The predicted octanol–water partition coefficient (Wildman–Crippen LogP) is 1.28. The molecule has 1 aliphatic heterocycles. The van der Waals surface area contributed by atoms with Crippen LogP contribution < -0.4 is 5.73 Å². The topological polar surface area (TPSA) is 66.6 Å². The van der Waals surface area contributed by atoms with Crippen molar-refractivity contribution in [3.8, 4) is 0 Å². The van der Waals surface area contributed by atoms with E-state index in [0.717, 1.165) is 16.8 Å². The third-order valence-electron chi connectivity index (χ3n) is 3.76. The van der Waals surface area contributed by atoms with E-state index in [4.69, 9.17) is 5.73 Å². The molecular formula is C16H21N3O2. The molecule has 0 saturated carbocycles. The summed E-state index contributed by atoms with van der Waals surface area (Å²) in [4.78, 5) is 26.9. The summed E-state index contributed by atoms with van der Waals surface area (Å²) in [5.41, 5.74) is 8.51. The lowest BCUT2D eigenvalue weighted by Gasteiger charge is -2.33. The van der Waals surface area contributed by atoms with Crippen molar-refractivity contribution in [1.29, 1.82) is 0 Å². The summed E-state index contributed by atoms with van der Waals surface area (Å²) in [5.74, 6) is 0.0325. The van der Waals surface area contributed by atoms with E-state index in [1.807, 2.05) is 25.1 Å². The Morgan fingerprint density at radius 2 is 1.76 bits per heavy atom. The zero-order valence-corrected chi connectivity index (χ0v) is 12.5. The van der Waals surface area contributed by atoms with Crippen LogP contribution in [-0.2, 0) is 9.59 Å². The second-order valence-electron chi connectivity index (χ2n) is 5.28. The number of benzene rings is 1. The zero-order chi connectivity index (χ0) is 15.4. The van der Waals surface area contributed by atoms with Crippen LogP contribution in [0, 0.1) is 6.92 Å². The van der Waals surface area contributed by atoms with E-state index in [-0.39, 0.29) is 11.8 Å². The molecule has 0 spiro atoms. The molecule has 2 rings (SSSR count). The highest BCUT2D eigenvalue weighted by atomic mass is 16.2. The van der Waals surface area contributed by atoms with E-state index in [2.05, 4.69) is 0 Å². The van der Waals surface area contributed by atoms with Crippen LogP contribution >= 0.6 is 0 Å². The quantitative estimate of drug-likeness (QED) is 0.658. The Bertz CT molecular complexity index is 573. The Morgan fingerprint density at radius 3 is 2.33 bits per heavy atom. The van der Waals surface area contributed by atoms with Gasteiger partial charge in [-0.3, -0.25) is 9.59 Å². The number of anilines is 1. The maximum Gasteiger partial charge on any atom is 0.246 e. The molecule has 1 aromatic carbocycles. The van der Waals surface area contributed by atoms with Gasteiger partial charge in [-0.05, 0) is 30.2 Å². The highest BCUT2D eigenvalue weighted by Crippen LogP contribution is 2.14. The predicted molar refractivity (Wildman–Crippen MR) is 83.5 cm³/mol. The number of rotatable bonds is 2. The van der Waals surface area contributed by atoms with Crippen molar-refractivity contribution >= 4 is 23.6 Å². The molecule has 0 unspecified atom stereocenters. The first kappa shape index (κ1) is 15.1. The molecule has 21 heavy (non-hydrogen) atoms. The lowest BCUT2D eigenvalue weighted by Crippen LogP contribution is -2.49. The number of piperazine rings is 1. The van der Waals surface area contributed by atoms with Gasteiger partial charge in [-0.2, -0.15) is 0 Å². The van der Waals surface area contributed by atoms with Gasteiger partial charge >= 0.3 is 0 Å². The summed E-state index contributed by atoms with van der Waals surface area (Å²) in [6, 6.07) is 5.72. The van der Waals surface area contributed by atoms with Crippen LogP contribution in [0.3, 0.4) is 0 Å². The van der Waals surface area contributed by atoms with Crippen LogP contribution in [0.5, 0.6) is 0 Å². The van der Waals surface area contributed by atoms with E-state index in [1.165, 1.54) is 0 Å². The molecule has 1 fully saturated rings. The van der Waals surface area contributed by atoms with E-state index in [1.54, 1.807) is 28.9 Å². The molecule has 0 aromatic heterocycles. The number of nitrogens with two attached hydrogens (primary N) is 1. The maximum atomic E-state index is 12.1. The van der Waals surface area contributed by atoms with Gasteiger partial charge in [0.2, 0.25) is 11.8 Å². The van der Waals surface area contributed by atoms with Gasteiger partial charge in [0, 0.05) is 44.9 Å². The second kappa shape index (κ2) is 6.43. The van der Waals surface area contributed by atoms with Crippen molar-refractivity contribution in [3.05, 3.63) is 35.4 Å². The standard InChI is InChI=1S/C16H21N3O2/c1-12-3-4-14(11-15(12)17)5-6-16(21)19-9-7-18(8-10-19)13(2)20/h3-6,11H,7-10,17H2,1-2H3/b6-5+. The highest BCUT2D eigenvalue weighted by Gasteiger charge is 2.20. The van der Waals surface area contributed by atoms with Crippen LogP contribution in [0.15, 0.2) is 24.3 Å². The minimum absolute atomic E-state index is 0.0302. The lowest BCUT2D eigenvalue weighted by atomic mass is 10.1. The third kappa shape index (κ3) is 3.84. The van der Waals surface area contributed by atoms with Gasteiger partial charge in [0.05, 0.1) is 0 Å². The summed E-state index contributed by atoms with van der Waals surface area (Å²) >= 11 is 0. The Labute approximate surface area is 125 Å². The van der Waals surface area contributed by atoms with Gasteiger partial charge in [0.1, 0.15) is 0 Å². The van der Waals surface area contributed by atoms with E-state index in [0.29, 0.717) is 26.2 Å². The first-order valence-corrected chi connectivity index (χ1v) is 7.06. The van der Waals surface area contributed by atoms with Crippen molar-refractivity contribution in [2.45, 2.75) is 13.8 Å². The number of nitrogen functional groups attached to an aromatic ring is 1. The molecule has 0 atom stereocenters. The number of nitrogens with zero attached hydrogens (tertiary/aromatic N) is 2. The molecule has 2 amide bonds. The van der Waals surface area contributed by atoms with E-state index < -0.39 is 0 Å². The molecule has 0 bridgehead atoms. The van der Waals surface area contributed by atoms with Gasteiger partial charge in [-0.15, -0.1) is 0 Å². The monoisotopic (exact) mass is 287 g/mol. The van der Waals surface area contributed by atoms with Crippen LogP contribution in [0.1, 0.15) is 18.1 Å². The fraction of sp³-hybridized carbons (Fsp3) is 0.375. The molecule has 0 radical (unpaired) electrons. The fourth-order valence-electron chi connectivity index (χ4n) is 2.28. The van der Waals surface area contributed by atoms with Crippen LogP contribution in [0.25, 0.3) is 6.08 Å². The summed E-state index contributed by atoms with van der Waals surface area (Å²) in [6.07, 6.45) is 3.34. The molecule has 5 heteroatoms. The fourth-order valence-corrected chi connectivity index (χ4v) is 2.28. The zero-order valence-electron chi connectivity index (χ0n) is 12.5. The summed E-state index contributed by atoms with van der Waals surface area (Å²) in [7, 11) is 0. The largest absolute Gasteiger partial charge is 0.398 e. The molecule has 5 nitrogen and oxygen atoms in total. The van der Waals surface area contributed by atoms with Crippen molar-refractivity contribution in [2.24, 2.45) is 0 Å². The molecule has 1 aromatic rings. The number of hydrogen-bond acceptors (Lipinski definition) is 3. The van der Waals surface area contributed by atoms with Crippen LogP contribution in [0.2, 0.25) is 0 Å². The van der Waals surface area contributed by atoms with E-state index in [9.17, 15) is 9.59 Å². The van der Waals surface area contributed by atoms with E-state index >= 15 is 0 Å². The molecular weight excluding hydrogens is 266 g/mol. The SMILES string of the molecule is CC(=O)N1CCN(C(=O)/C=C/c2ccc(C)c(N)c2)CC1. The average molecular weight is 287 g/mol. The van der Waals surface area contributed by atoms with Crippen molar-refractivity contribution in [3.63, 3.8) is 0 Å². The Balaban J connectivity index is 1.94. The number of carbonyl (C=O) groups is 2. The molecule has 1 heterocycles. The Morgan fingerprint density at radius 1 is 1.14 bits per heavy atom. The van der Waals surface area contributed by atoms with Crippen molar-refractivity contribution < 1.29 is 9.59 Å². The Hall–Kier alpha value is -2.30. The molecule has 1 aliphatic rings.